The molecule has 1 rings (SSSR count). The Morgan fingerprint density at radius 2 is 0.875 bits per heavy atom. The molecule has 1 heterocycles. The lowest BCUT2D eigenvalue weighted by atomic mass is 10.0. The van der Waals surface area contributed by atoms with Gasteiger partial charge in [-0.15, -0.1) is 0 Å². The van der Waals surface area contributed by atoms with E-state index in [1.807, 2.05) is 21.3 Å². The number of carboxylic acid groups (broad SMARTS) is 5. The van der Waals surface area contributed by atoms with E-state index in [2.05, 4.69) is 60.5 Å². The predicted octanol–water partition coefficient (Wildman–Crippen LogP) is -13.0. The summed E-state index contributed by atoms with van der Waals surface area (Å²) in [5.74, 6) is -29.1. The number of hydrogen-bond acceptors (Lipinski definition) is 28. The zero-order valence-corrected chi connectivity index (χ0v) is 63.0. The molecule has 0 radical (unpaired) electrons. The van der Waals surface area contributed by atoms with E-state index >= 15 is 0 Å². The van der Waals surface area contributed by atoms with E-state index in [0.717, 1.165) is 30.5 Å². The van der Waals surface area contributed by atoms with Crippen LogP contribution in [-0.2, 0) is 105 Å². The molecule has 1 aliphatic heterocycles. The number of primary amides is 2. The maximum Gasteiger partial charge on any atom is 0.326 e. The number of nitrogens with zero attached hydrogens (tertiary/aromatic N) is 1. The van der Waals surface area contributed by atoms with Gasteiger partial charge in [-0.25, -0.2) is 4.79 Å². The number of carbonyl (C=O) groups excluding carboxylic acids is 17. The first kappa shape index (κ1) is 98.9. The van der Waals surface area contributed by atoms with Gasteiger partial charge in [0.1, 0.15) is 78.5 Å². The normalized spacial score (nSPS) is 16.1. The van der Waals surface area contributed by atoms with Gasteiger partial charge in [0, 0.05) is 25.1 Å². The molecule has 112 heavy (non-hydrogen) atoms. The molecule has 50 heteroatoms. The average molecular weight is 1640 g/mol. The van der Waals surface area contributed by atoms with Crippen LogP contribution in [0.4, 0.5) is 0 Å². The van der Waals surface area contributed by atoms with Crippen LogP contribution in [0.25, 0.3) is 0 Å². The number of aliphatic carboxylic acids is 5. The maximum absolute atomic E-state index is 14.4. The summed E-state index contributed by atoms with van der Waals surface area (Å²) in [5.41, 5.74) is 16.4. The molecule has 0 aromatic rings. The summed E-state index contributed by atoms with van der Waals surface area (Å²) in [6.07, 6.45) is -7.31. The van der Waals surface area contributed by atoms with E-state index < -0.39 is 305 Å². The smallest absolute Gasteiger partial charge is 0.326 e. The highest BCUT2D eigenvalue weighted by Gasteiger charge is 2.42. The number of nitrogens with two attached hydrogens (primary N) is 3. The van der Waals surface area contributed by atoms with Gasteiger partial charge in [0.05, 0.1) is 64.1 Å². The van der Waals surface area contributed by atoms with E-state index in [0.29, 0.717) is 0 Å². The van der Waals surface area contributed by atoms with E-state index in [1.54, 1.807) is 25.4 Å². The molecular formula is C62H98N18O30S2. The van der Waals surface area contributed by atoms with Crippen molar-refractivity contribution < 1.29 is 146 Å². The molecule has 0 aromatic heterocycles. The monoisotopic (exact) mass is 1640 g/mol. The van der Waals surface area contributed by atoms with Crippen molar-refractivity contribution in [1.29, 1.82) is 0 Å². The Bertz CT molecular complexity index is 3450. The minimum absolute atomic E-state index is 0.0877. The number of carbonyl (C=O) groups is 22. The van der Waals surface area contributed by atoms with Gasteiger partial charge in [-0.2, -0.15) is 24.4 Å². The van der Waals surface area contributed by atoms with Crippen LogP contribution < -0.4 is 91.6 Å². The van der Waals surface area contributed by atoms with Gasteiger partial charge >= 0.3 is 29.8 Å². The van der Waals surface area contributed by atoms with Crippen molar-refractivity contribution in [2.45, 2.75) is 195 Å². The third kappa shape index (κ3) is 36.6. The Balaban J connectivity index is 3.36. The first-order valence-electron chi connectivity index (χ1n) is 34.2. The second-order valence-electron chi connectivity index (χ2n) is 25.6. The Hall–Kier alpha value is -11.1. The van der Waals surface area contributed by atoms with E-state index in [9.17, 15) is 136 Å². The fraction of sp³-hybridized carbons (Fsp3) is 0.645. The molecule has 28 N–H and O–H groups in total. The SMILES string of the molecule is CSCC[C@H](NC(=O)[C@H](CO)NC(=O)[C@H](CC(N)=O)NC(=O)[C@H](CC(=O)O)NC(=O)[C@H](CC(C)C)NC(=O)[C@@H]1CCCN1C(=O)[C@H](CCC(N)=O)NC(=O)[C@H](C)NC(=O)[C@@H](NC(=O)CNC(=O)[C@H](CCC(=O)O)NC(=O)[C@@H](N)CS)[C@@H](C)O)C(=O)NCC(=O)N[C@@H](CC(=O)O)C(=O)N[C@@H](CO)C(=O)N[C@@H](CC(=O)O)C(=O)O. The van der Waals surface area contributed by atoms with Crippen LogP contribution in [0.15, 0.2) is 0 Å². The number of amides is 17. The van der Waals surface area contributed by atoms with Crippen LogP contribution in [0.5, 0.6) is 0 Å². The van der Waals surface area contributed by atoms with Crippen molar-refractivity contribution in [2.24, 2.45) is 23.1 Å². The number of rotatable bonds is 53. The summed E-state index contributed by atoms with van der Waals surface area (Å²) >= 11 is 5.03. The fourth-order valence-electron chi connectivity index (χ4n) is 10.1. The number of aliphatic hydroxyl groups excluding tert-OH is 3. The first-order chi connectivity index (χ1) is 52.3. The summed E-state index contributed by atoms with van der Waals surface area (Å²) < 4.78 is 0. The van der Waals surface area contributed by atoms with Crippen molar-refractivity contribution >= 4 is 155 Å². The van der Waals surface area contributed by atoms with Crippen LogP contribution >= 0.6 is 24.4 Å². The minimum Gasteiger partial charge on any atom is -0.481 e. The molecule has 0 saturated carbocycles. The van der Waals surface area contributed by atoms with Crippen LogP contribution in [0, 0.1) is 5.92 Å². The van der Waals surface area contributed by atoms with E-state index in [-0.39, 0.29) is 43.7 Å². The number of hydrogen-bond donors (Lipinski definition) is 26. The highest BCUT2D eigenvalue weighted by atomic mass is 32.2. The summed E-state index contributed by atoms with van der Waals surface area (Å²) in [7, 11) is 0. The average Bonchev–Trinajstić information content (AvgIpc) is 1.64. The van der Waals surface area contributed by atoms with Crippen molar-refractivity contribution in [3.05, 3.63) is 0 Å². The topological polar surface area (TPSA) is 787 Å². The molecule has 1 fully saturated rings. The highest BCUT2D eigenvalue weighted by molar-refractivity contribution is 7.98. The van der Waals surface area contributed by atoms with Gasteiger partial charge < -0.3 is 137 Å². The summed E-state index contributed by atoms with van der Waals surface area (Å²) in [5, 5.41) is 107. The van der Waals surface area contributed by atoms with Crippen molar-refractivity contribution in [2.75, 3.05) is 50.6 Å². The molecule has 0 spiro atoms. The van der Waals surface area contributed by atoms with Gasteiger partial charge in [-0.05, 0) is 70.3 Å². The van der Waals surface area contributed by atoms with Crippen molar-refractivity contribution in [3.8, 4) is 0 Å². The molecule has 15 atom stereocenters. The lowest BCUT2D eigenvalue weighted by molar-refractivity contribution is -0.147. The zero-order chi connectivity index (χ0) is 85.6. The molecular weight excluding hydrogens is 1540 g/mol. The van der Waals surface area contributed by atoms with E-state index in [1.165, 1.54) is 0 Å². The van der Waals surface area contributed by atoms with Gasteiger partial charge in [-0.1, -0.05) is 13.8 Å². The minimum atomic E-state index is -2.16. The third-order valence-electron chi connectivity index (χ3n) is 15.9. The molecule has 0 unspecified atom stereocenters. The fourth-order valence-corrected chi connectivity index (χ4v) is 10.8. The van der Waals surface area contributed by atoms with Gasteiger partial charge in [0.25, 0.3) is 0 Å². The molecule has 0 aliphatic carbocycles. The number of aliphatic hydroxyl groups is 3. The van der Waals surface area contributed by atoms with Crippen molar-refractivity contribution in [1.82, 2.24) is 79.3 Å². The van der Waals surface area contributed by atoms with Gasteiger partial charge in [-0.3, -0.25) is 101 Å². The number of nitrogens with one attached hydrogen (secondary N) is 14. The van der Waals surface area contributed by atoms with Crippen LogP contribution in [0.1, 0.15) is 105 Å². The second-order valence-corrected chi connectivity index (χ2v) is 27.0. The van der Waals surface area contributed by atoms with Gasteiger partial charge in [0.15, 0.2) is 0 Å². The molecule has 0 aromatic carbocycles. The second kappa shape index (κ2) is 49.9. The number of carboxylic acids is 5. The lowest BCUT2D eigenvalue weighted by Crippen LogP contribution is -2.61. The summed E-state index contributed by atoms with van der Waals surface area (Å²) in [6, 6.07) is -25.0. The molecule has 17 amide bonds. The summed E-state index contributed by atoms with van der Waals surface area (Å²) in [6.45, 7) is 0.704. The van der Waals surface area contributed by atoms with Crippen LogP contribution in [0.2, 0.25) is 0 Å². The predicted molar refractivity (Wildman–Crippen MR) is 383 cm³/mol. The molecule has 628 valence electrons. The zero-order valence-electron chi connectivity index (χ0n) is 61.3. The quantitative estimate of drug-likeness (QED) is 0.0252. The standard InChI is InChI=1S/C62H98N18O30S2/c1-25(2)15-32(75-59(106)39-7-6-13-80(39)61(108)31(8-10-40(64)84)72-49(96)26(3)68-60(107)48(27(4)83)79-43(87)21-67-51(98)29(9-11-44(88)89)70-50(97)28(63)24-111)53(100)74-35(18-46(92)93)56(103)73-33(16-41(65)85)54(101)77-37(22-81)57(104)71-30(12-14-112-5)52(99)66-20-42(86)69-34(17-45(90)91)55(102)78-38(23-82)58(105)76-36(62(109)110)19-47(94)95/h25-39,48,81-83,111H,6-24,63H2,1-5H3,(H2,64,84)(H2,65,85)(H,66,99)(H,67,98)(H,68,107)(H,69,86)(H,70,97)(H,71,104)(H,72,96)(H,73,103)(H,74,100)(H,75,106)(H,76,105)(H,77,101)(H,78,102)(H,79,87)(H,88,89)(H,90,91)(H,92,93)(H,94,95)(H,109,110)/t26-,27+,28-,29-,30-,31-,32-,33-,34-,35-,36-,37-,38-,39-,48-/m0/s1. The number of thiol groups is 1. The van der Waals surface area contributed by atoms with Crippen LogP contribution in [-0.4, -0.2) is 317 Å². The van der Waals surface area contributed by atoms with E-state index in [4.69, 9.17) is 27.4 Å². The molecule has 1 aliphatic rings. The number of thioether (sulfide) groups is 1. The molecule has 48 nitrogen and oxygen atoms in total. The van der Waals surface area contributed by atoms with Gasteiger partial charge in [0.2, 0.25) is 100 Å². The summed E-state index contributed by atoms with van der Waals surface area (Å²) in [4.78, 5) is 285. The maximum atomic E-state index is 14.4. The Kier molecular flexibility index (Phi) is 44.1. The largest absolute Gasteiger partial charge is 0.481 e. The molecule has 1 saturated heterocycles. The Morgan fingerprint density at radius 1 is 0.455 bits per heavy atom. The lowest BCUT2D eigenvalue weighted by Gasteiger charge is -2.31. The van der Waals surface area contributed by atoms with Crippen molar-refractivity contribution in [3.63, 3.8) is 0 Å². The Morgan fingerprint density at radius 3 is 1.32 bits per heavy atom. The molecule has 0 bridgehead atoms. The highest BCUT2D eigenvalue weighted by Crippen LogP contribution is 2.21. The first-order valence-corrected chi connectivity index (χ1v) is 36.2. The Labute approximate surface area is 647 Å². The van der Waals surface area contributed by atoms with Crippen LogP contribution in [0.3, 0.4) is 0 Å². The third-order valence-corrected chi connectivity index (χ3v) is 17.0. The number of likely N-dealkylation sites (tertiary alicyclic amines) is 1.